The fourth-order valence-electron chi connectivity index (χ4n) is 2.62. The summed E-state index contributed by atoms with van der Waals surface area (Å²) >= 11 is 0.107. The van der Waals surface area contributed by atoms with E-state index in [4.69, 9.17) is 2.51 Å². The summed E-state index contributed by atoms with van der Waals surface area (Å²) < 4.78 is 31.5. The van der Waals surface area contributed by atoms with Gasteiger partial charge in [0, 0.05) is 0 Å². The Morgan fingerprint density at radius 3 is 2.48 bits per heavy atom. The monoisotopic (exact) mass is 566 g/mol. The van der Waals surface area contributed by atoms with Crippen molar-refractivity contribution >= 4 is 42.7 Å². The van der Waals surface area contributed by atoms with Crippen LogP contribution in [-0.2, 0) is 12.6 Å². The number of hydrogen-bond donors (Lipinski definition) is 1. The third-order valence-electron chi connectivity index (χ3n) is 4.24. The number of rotatable bonds is 6. The predicted octanol–water partition coefficient (Wildman–Crippen LogP) is 1.14. The van der Waals surface area contributed by atoms with Gasteiger partial charge in [0.2, 0.25) is 3.57 Å². The van der Waals surface area contributed by atoms with Crippen LogP contribution < -0.4 is 26.9 Å². The summed E-state index contributed by atoms with van der Waals surface area (Å²) in [6, 6.07) is 15.6. The summed E-state index contributed by atoms with van der Waals surface area (Å²) in [7, 11) is -3.82. The van der Waals surface area contributed by atoms with E-state index in [0.29, 0.717) is 8.70 Å². The number of carbonyl (C=O) groups is 1. The van der Waals surface area contributed by atoms with Crippen molar-refractivity contribution in [2.45, 2.75) is 18.7 Å². The molecule has 4 rings (SSSR count). The molecule has 2 aromatic carbocycles. The molecule has 0 bridgehead atoms. The number of nitrogens with zero attached hydrogens (tertiary/aromatic N) is 2. The van der Waals surface area contributed by atoms with Crippen LogP contribution in [0.15, 0.2) is 65.7 Å². The fraction of sp³-hybridized carbons (Fsp3) is 0.0952. The van der Waals surface area contributed by atoms with Crippen molar-refractivity contribution in [1.29, 1.82) is 0 Å². The molecule has 0 aliphatic rings. The molecule has 0 saturated carbocycles. The highest BCUT2D eigenvalue weighted by molar-refractivity contribution is 7.86. The number of benzene rings is 2. The van der Waals surface area contributed by atoms with E-state index in [1.807, 2.05) is 32.0 Å². The Morgan fingerprint density at radius 1 is 1.03 bits per heavy atom. The number of aromatic nitrogens is 2. The Labute approximate surface area is 194 Å². The minimum Gasteiger partial charge on any atom is -0.296 e. The van der Waals surface area contributed by atoms with Crippen molar-refractivity contribution in [3.05, 3.63) is 81.2 Å². The average molecular weight is 566 g/mol. The van der Waals surface area contributed by atoms with Crippen LogP contribution in [0.5, 0.6) is 0 Å². The Kier molecular flexibility index (Phi) is 6.32. The molecule has 0 unspecified atom stereocenters. The highest BCUT2D eigenvalue weighted by Gasteiger charge is 2.28. The van der Waals surface area contributed by atoms with E-state index >= 15 is 0 Å². The van der Waals surface area contributed by atoms with Gasteiger partial charge in [0.15, 0.2) is 5.13 Å². The van der Waals surface area contributed by atoms with E-state index in [0.717, 1.165) is 21.3 Å². The van der Waals surface area contributed by atoms with Gasteiger partial charge in [0.1, 0.15) is 5.69 Å². The lowest BCUT2D eigenvalue weighted by Crippen LogP contribution is -3.62. The summed E-state index contributed by atoms with van der Waals surface area (Å²) in [5.41, 5.74) is 3.13. The second-order valence-corrected chi connectivity index (χ2v) is 12.0. The van der Waals surface area contributed by atoms with Gasteiger partial charge in [-0.1, -0.05) is 35.1 Å². The molecule has 1 N–H and O–H groups in total. The van der Waals surface area contributed by atoms with Crippen LogP contribution in [0.4, 0.5) is 5.13 Å². The van der Waals surface area contributed by atoms with E-state index in [2.05, 4.69) is 15.3 Å². The van der Waals surface area contributed by atoms with Gasteiger partial charge in [-0.2, -0.15) is 8.42 Å². The standard InChI is InChI=1S/C21H16IN3O4S2/c1-13-3-7-16(8-4-13)31(27,28)29-22-15-6-10-18(23-12-15)20(26)25-21-24-17-9-5-14(2)11-19(17)30-21/h3-12H,1-2H3/p+1. The van der Waals surface area contributed by atoms with Gasteiger partial charge in [-0.15, -0.1) is 0 Å². The van der Waals surface area contributed by atoms with Gasteiger partial charge >= 0.3 is 31.7 Å². The largest absolute Gasteiger partial charge is 0.542 e. The maximum Gasteiger partial charge on any atom is 0.542 e. The molecular formula is C21H17IN3O4S2+. The molecule has 10 heteroatoms. The third kappa shape index (κ3) is 5.26. The molecule has 0 aliphatic carbocycles. The van der Waals surface area contributed by atoms with Gasteiger partial charge in [0.25, 0.3) is 5.91 Å². The fourth-order valence-corrected chi connectivity index (χ4v) is 6.81. The van der Waals surface area contributed by atoms with Gasteiger partial charge < -0.3 is 0 Å². The highest BCUT2D eigenvalue weighted by Crippen LogP contribution is 2.26. The molecular weight excluding hydrogens is 549 g/mol. The van der Waals surface area contributed by atoms with Crippen LogP contribution in [-0.4, -0.2) is 24.3 Å². The summed E-state index contributed by atoms with van der Waals surface area (Å²) in [6.07, 6.45) is 1.47. The van der Waals surface area contributed by atoms with Crippen LogP contribution in [0.3, 0.4) is 0 Å². The van der Waals surface area contributed by atoms with Gasteiger partial charge in [-0.05, 0) is 58.3 Å². The number of fused-ring (bicyclic) bond motifs is 1. The van der Waals surface area contributed by atoms with Crippen LogP contribution >= 0.6 is 11.3 Å². The lowest BCUT2D eigenvalue weighted by molar-refractivity contribution is -0.837. The molecule has 158 valence electrons. The zero-order valence-electron chi connectivity index (χ0n) is 16.5. The van der Waals surface area contributed by atoms with Crippen molar-refractivity contribution in [3.63, 3.8) is 0 Å². The van der Waals surface area contributed by atoms with Crippen LogP contribution in [0, 0.1) is 17.4 Å². The van der Waals surface area contributed by atoms with E-state index < -0.39 is 31.7 Å². The number of aryl methyl sites for hydroxylation is 2. The van der Waals surface area contributed by atoms with Crippen molar-refractivity contribution in [3.8, 4) is 0 Å². The summed E-state index contributed by atoms with van der Waals surface area (Å²) in [4.78, 5) is 21.1. The quantitative estimate of drug-likeness (QED) is 0.352. The molecule has 0 atom stereocenters. The number of anilines is 1. The molecule has 2 heterocycles. The van der Waals surface area contributed by atoms with Crippen LogP contribution in [0.25, 0.3) is 10.2 Å². The zero-order valence-corrected chi connectivity index (χ0v) is 20.3. The van der Waals surface area contributed by atoms with E-state index in [-0.39, 0.29) is 16.5 Å². The second kappa shape index (κ2) is 8.99. The minimum atomic E-state index is -3.82. The summed E-state index contributed by atoms with van der Waals surface area (Å²) in [5, 5.41) is 3.25. The maximum atomic E-state index is 12.5. The van der Waals surface area contributed by atoms with E-state index in [1.165, 1.54) is 29.7 Å². The van der Waals surface area contributed by atoms with Crippen molar-refractivity contribution in [2.75, 3.05) is 5.32 Å². The number of thiazole rings is 1. The number of pyridine rings is 1. The normalized spacial score (nSPS) is 11.5. The predicted molar refractivity (Wildman–Crippen MR) is 115 cm³/mol. The molecule has 0 radical (unpaired) electrons. The smallest absolute Gasteiger partial charge is 0.296 e. The molecule has 0 saturated heterocycles. The topological polar surface area (TPSA) is 98.2 Å². The molecule has 0 fully saturated rings. The summed E-state index contributed by atoms with van der Waals surface area (Å²) in [5.74, 6) is -0.381. The first kappa shape index (κ1) is 21.8. The molecule has 0 aliphatic heterocycles. The van der Waals surface area contributed by atoms with E-state index in [9.17, 15) is 13.2 Å². The van der Waals surface area contributed by atoms with E-state index in [1.54, 1.807) is 24.3 Å². The summed E-state index contributed by atoms with van der Waals surface area (Å²) in [6.45, 7) is 3.88. The number of nitrogens with one attached hydrogen (secondary N) is 1. The number of amides is 1. The van der Waals surface area contributed by atoms with Crippen LogP contribution in [0.1, 0.15) is 21.6 Å². The Morgan fingerprint density at radius 2 is 1.77 bits per heavy atom. The lowest BCUT2D eigenvalue weighted by atomic mass is 10.2. The first-order valence-electron chi connectivity index (χ1n) is 9.10. The number of hydrogen-bond acceptors (Lipinski definition) is 7. The molecule has 2 aromatic heterocycles. The first-order chi connectivity index (χ1) is 14.8. The Balaban J connectivity index is 1.40. The zero-order chi connectivity index (χ0) is 22.0. The average Bonchev–Trinajstić information content (AvgIpc) is 3.14. The molecule has 0 spiro atoms. The maximum absolute atomic E-state index is 12.5. The van der Waals surface area contributed by atoms with Gasteiger partial charge in [0.05, 0.1) is 21.3 Å². The van der Waals surface area contributed by atoms with Crippen molar-refractivity contribution in [1.82, 2.24) is 9.97 Å². The van der Waals surface area contributed by atoms with Gasteiger partial charge in [-0.3, -0.25) is 10.1 Å². The Hall–Kier alpha value is -2.41. The number of halogens is 1. The van der Waals surface area contributed by atoms with Gasteiger partial charge in [-0.25, -0.2) is 9.97 Å². The number of carbonyl (C=O) groups excluding carboxylic acids is 1. The SMILES string of the molecule is Cc1ccc(S(=O)(=O)O[I+]c2ccc(C(=O)Nc3nc4ccc(C)cc4s3)nc2)cc1. The van der Waals surface area contributed by atoms with Crippen molar-refractivity contribution in [2.24, 2.45) is 0 Å². The Bertz CT molecular complexity index is 1350. The minimum absolute atomic E-state index is 0.118. The molecule has 4 aromatic rings. The highest BCUT2D eigenvalue weighted by atomic mass is 127. The third-order valence-corrected chi connectivity index (χ3v) is 9.36. The molecule has 31 heavy (non-hydrogen) atoms. The first-order valence-corrected chi connectivity index (χ1v) is 13.3. The van der Waals surface area contributed by atoms with Crippen LogP contribution in [0.2, 0.25) is 0 Å². The lowest BCUT2D eigenvalue weighted by Gasteiger charge is -2.00. The van der Waals surface area contributed by atoms with Crippen molar-refractivity contribution < 1.29 is 37.3 Å². The second-order valence-electron chi connectivity index (χ2n) is 6.71. The molecule has 7 nitrogen and oxygen atoms in total. The molecule has 1 amide bonds.